The lowest BCUT2D eigenvalue weighted by molar-refractivity contribution is -0.120. The van der Waals surface area contributed by atoms with Crippen LogP contribution in [0.4, 0.5) is 0 Å². The van der Waals surface area contributed by atoms with Gasteiger partial charge in [0, 0.05) is 19.4 Å². The van der Waals surface area contributed by atoms with Crippen molar-refractivity contribution >= 4 is 16.9 Å². The molecule has 0 saturated carbocycles. The minimum Gasteiger partial charge on any atom is -0.356 e. The van der Waals surface area contributed by atoms with Crippen LogP contribution in [0.1, 0.15) is 18.4 Å². The van der Waals surface area contributed by atoms with E-state index >= 15 is 0 Å². The summed E-state index contributed by atoms with van der Waals surface area (Å²) in [4.78, 5) is 27.8. The Hall–Kier alpha value is -2.55. The van der Waals surface area contributed by atoms with E-state index in [2.05, 4.69) is 15.3 Å². The van der Waals surface area contributed by atoms with Crippen molar-refractivity contribution in [3.05, 3.63) is 34.2 Å². The Labute approximate surface area is 109 Å². The van der Waals surface area contributed by atoms with Crippen molar-refractivity contribution in [2.45, 2.75) is 19.3 Å². The van der Waals surface area contributed by atoms with E-state index in [9.17, 15) is 9.59 Å². The van der Waals surface area contributed by atoms with Crippen LogP contribution in [0, 0.1) is 11.3 Å². The highest BCUT2D eigenvalue weighted by Crippen LogP contribution is 2.10. The number of nitrogens with one attached hydrogen (secondary N) is 3. The van der Waals surface area contributed by atoms with Crippen LogP contribution in [0.3, 0.4) is 0 Å². The van der Waals surface area contributed by atoms with Crippen LogP contribution in [0.15, 0.2) is 23.0 Å². The van der Waals surface area contributed by atoms with Gasteiger partial charge in [0.05, 0.1) is 17.1 Å². The number of carbonyl (C=O) groups excluding carboxylic acids is 1. The second-order valence-electron chi connectivity index (χ2n) is 4.22. The van der Waals surface area contributed by atoms with Crippen molar-refractivity contribution in [1.29, 1.82) is 5.26 Å². The van der Waals surface area contributed by atoms with Crippen molar-refractivity contribution in [3.8, 4) is 6.07 Å². The average molecular weight is 258 g/mol. The molecule has 0 unspecified atom stereocenters. The van der Waals surface area contributed by atoms with Crippen molar-refractivity contribution in [2.75, 3.05) is 6.54 Å². The molecule has 1 aromatic heterocycles. The van der Waals surface area contributed by atoms with E-state index in [1.807, 2.05) is 24.3 Å². The number of hydrogen-bond acceptors (Lipinski definition) is 3. The van der Waals surface area contributed by atoms with E-state index in [0.717, 1.165) is 16.6 Å². The third-order valence-electron chi connectivity index (χ3n) is 2.78. The summed E-state index contributed by atoms with van der Waals surface area (Å²) in [6.07, 6.45) is 1.16. The predicted octanol–water partition coefficient (Wildman–Crippen LogP) is 0.819. The number of amides is 1. The summed E-state index contributed by atoms with van der Waals surface area (Å²) in [7, 11) is 0. The molecule has 0 saturated heterocycles. The summed E-state index contributed by atoms with van der Waals surface area (Å²) in [6, 6.07) is 7.56. The number of benzene rings is 1. The first-order valence-corrected chi connectivity index (χ1v) is 6.03. The van der Waals surface area contributed by atoms with Crippen LogP contribution >= 0.6 is 0 Å². The molecule has 0 atom stereocenters. The maximum Gasteiger partial charge on any atom is 0.323 e. The molecule has 0 aliphatic rings. The van der Waals surface area contributed by atoms with Crippen LogP contribution in [-0.2, 0) is 11.2 Å². The molecule has 19 heavy (non-hydrogen) atoms. The van der Waals surface area contributed by atoms with Gasteiger partial charge in [-0.05, 0) is 24.1 Å². The Bertz CT molecular complexity index is 678. The number of hydrogen-bond donors (Lipinski definition) is 3. The number of H-pyrrole nitrogens is 2. The lowest BCUT2D eigenvalue weighted by atomic mass is 10.1. The Balaban J connectivity index is 1.89. The van der Waals surface area contributed by atoms with Gasteiger partial charge in [0.15, 0.2) is 0 Å². The Kier molecular flexibility index (Phi) is 3.98. The summed E-state index contributed by atoms with van der Waals surface area (Å²) in [5.74, 6) is -0.113. The number of rotatable bonds is 5. The van der Waals surface area contributed by atoms with Crippen molar-refractivity contribution in [3.63, 3.8) is 0 Å². The predicted molar refractivity (Wildman–Crippen MR) is 70.5 cm³/mol. The summed E-state index contributed by atoms with van der Waals surface area (Å²) in [5.41, 5.74) is 2.34. The lowest BCUT2D eigenvalue weighted by Crippen LogP contribution is -2.25. The lowest BCUT2D eigenvalue weighted by Gasteiger charge is -2.04. The van der Waals surface area contributed by atoms with E-state index in [0.29, 0.717) is 13.0 Å². The molecule has 2 rings (SSSR count). The molecule has 0 fully saturated rings. The molecule has 0 spiro atoms. The number of carbonyl (C=O) groups is 1. The quantitative estimate of drug-likeness (QED) is 0.739. The van der Waals surface area contributed by atoms with Gasteiger partial charge in [0.25, 0.3) is 0 Å². The molecule has 98 valence electrons. The molecule has 0 aliphatic carbocycles. The Morgan fingerprint density at radius 2 is 2.11 bits per heavy atom. The van der Waals surface area contributed by atoms with Gasteiger partial charge in [-0.3, -0.25) is 4.79 Å². The molecule has 1 aromatic carbocycles. The second kappa shape index (κ2) is 5.87. The zero-order chi connectivity index (χ0) is 13.7. The van der Waals surface area contributed by atoms with E-state index in [1.54, 1.807) is 0 Å². The van der Waals surface area contributed by atoms with Crippen LogP contribution < -0.4 is 11.0 Å². The van der Waals surface area contributed by atoms with Gasteiger partial charge in [-0.25, -0.2) is 4.79 Å². The van der Waals surface area contributed by atoms with Gasteiger partial charge in [-0.1, -0.05) is 6.07 Å². The first-order chi connectivity index (χ1) is 9.19. The number of fused-ring (bicyclic) bond motifs is 1. The molecule has 6 nitrogen and oxygen atoms in total. The van der Waals surface area contributed by atoms with Crippen molar-refractivity contribution < 1.29 is 4.79 Å². The topological polar surface area (TPSA) is 102 Å². The van der Waals surface area contributed by atoms with Crippen LogP contribution in [0.5, 0.6) is 0 Å². The van der Waals surface area contributed by atoms with Crippen LogP contribution in [-0.4, -0.2) is 22.4 Å². The molecule has 1 amide bonds. The monoisotopic (exact) mass is 258 g/mol. The van der Waals surface area contributed by atoms with E-state index in [4.69, 9.17) is 5.26 Å². The van der Waals surface area contributed by atoms with Crippen molar-refractivity contribution in [2.24, 2.45) is 0 Å². The van der Waals surface area contributed by atoms with Gasteiger partial charge in [-0.2, -0.15) is 5.26 Å². The summed E-state index contributed by atoms with van der Waals surface area (Å²) >= 11 is 0. The highest BCUT2D eigenvalue weighted by Gasteiger charge is 2.02. The molecular formula is C13H14N4O2. The average Bonchev–Trinajstić information content (AvgIpc) is 2.75. The molecule has 2 aromatic rings. The number of aromatic amines is 2. The molecule has 0 aliphatic heterocycles. The highest BCUT2D eigenvalue weighted by atomic mass is 16.1. The maximum absolute atomic E-state index is 11.3. The first-order valence-electron chi connectivity index (χ1n) is 6.03. The normalized spacial score (nSPS) is 10.3. The van der Waals surface area contributed by atoms with Gasteiger partial charge in [0.1, 0.15) is 0 Å². The maximum atomic E-state index is 11.3. The number of aromatic nitrogens is 2. The highest BCUT2D eigenvalue weighted by molar-refractivity contribution is 5.76. The number of nitriles is 1. The smallest absolute Gasteiger partial charge is 0.323 e. The molecule has 0 radical (unpaired) electrons. The van der Waals surface area contributed by atoms with Gasteiger partial charge >= 0.3 is 5.69 Å². The molecule has 6 heteroatoms. The molecule has 1 heterocycles. The molecular weight excluding hydrogens is 244 g/mol. The Morgan fingerprint density at radius 1 is 1.32 bits per heavy atom. The molecule has 3 N–H and O–H groups in total. The fourth-order valence-electron chi connectivity index (χ4n) is 1.84. The first kappa shape index (κ1) is 12.9. The van der Waals surface area contributed by atoms with Crippen LogP contribution in [0.2, 0.25) is 0 Å². The summed E-state index contributed by atoms with van der Waals surface area (Å²) < 4.78 is 0. The minimum atomic E-state index is -0.225. The largest absolute Gasteiger partial charge is 0.356 e. The van der Waals surface area contributed by atoms with E-state index in [-0.39, 0.29) is 24.4 Å². The Morgan fingerprint density at radius 3 is 2.89 bits per heavy atom. The SMILES string of the molecule is N#CCCC(=O)NCCc1ccc2[nH]c(=O)[nH]c2c1. The minimum absolute atomic E-state index is 0.113. The zero-order valence-corrected chi connectivity index (χ0v) is 10.3. The second-order valence-corrected chi connectivity index (χ2v) is 4.22. The fraction of sp³-hybridized carbons (Fsp3) is 0.308. The molecule has 0 bridgehead atoms. The van der Waals surface area contributed by atoms with E-state index < -0.39 is 0 Å². The number of imidazole rings is 1. The standard InChI is InChI=1S/C13H14N4O2/c14-6-1-2-12(18)15-7-5-9-3-4-10-11(8-9)17-13(19)16-10/h3-4,8H,1-2,5,7H2,(H,15,18)(H2,16,17,19). The third-order valence-corrected chi connectivity index (χ3v) is 2.78. The van der Waals surface area contributed by atoms with Crippen molar-refractivity contribution in [1.82, 2.24) is 15.3 Å². The van der Waals surface area contributed by atoms with Gasteiger partial charge in [0.2, 0.25) is 5.91 Å². The van der Waals surface area contributed by atoms with Gasteiger partial charge < -0.3 is 15.3 Å². The summed E-state index contributed by atoms with van der Waals surface area (Å²) in [6.45, 7) is 0.518. The third kappa shape index (κ3) is 3.45. The zero-order valence-electron chi connectivity index (χ0n) is 10.3. The number of nitrogens with zero attached hydrogens (tertiary/aromatic N) is 1. The summed E-state index contributed by atoms with van der Waals surface area (Å²) in [5, 5.41) is 11.1. The van der Waals surface area contributed by atoms with E-state index in [1.165, 1.54) is 0 Å². The van der Waals surface area contributed by atoms with Gasteiger partial charge in [-0.15, -0.1) is 0 Å². The van der Waals surface area contributed by atoms with Crippen LogP contribution in [0.25, 0.3) is 11.0 Å². The fourth-order valence-corrected chi connectivity index (χ4v) is 1.84.